The molecule has 332 valence electrons. The largest absolute Gasteiger partial charge is 0.472 e. The van der Waals surface area contributed by atoms with E-state index in [1.54, 1.807) is 12.2 Å². The Bertz CT molecular complexity index is 1170. The number of carbonyl (C=O) groups is 3. The summed E-state index contributed by atoms with van der Waals surface area (Å²) in [6, 6.07) is 0. The fraction of sp³-hybridized carbons (Fsp3) is 0.837. The van der Waals surface area contributed by atoms with Gasteiger partial charge in [0, 0.05) is 50.5 Å². The number of ether oxygens (including phenoxy) is 2. The number of phosphoric ester groups is 1. The van der Waals surface area contributed by atoms with Crippen LogP contribution < -0.4 is 5.73 Å². The van der Waals surface area contributed by atoms with Crippen molar-refractivity contribution < 1.29 is 57.7 Å². The standard InChI is InChI=1S/C43H78NO12P/c1-3-5-7-8-9-10-11-12-13-14-15-16-17-18-20-25-42(49)53-33-37(34-55-57(51,52)54-30-29-44)56-43(50)26-22-21-24-36(46)31-39-38(40(47)32-41(39)48)28-27-35(45)23-19-6-4-2/h12-13,27-28,35,37-41,45,47-48H,3-11,14-26,29-34,44H2,1-2H3,(H,51,52)/b13-12-,28-27+/t35-,37+,38+,39+,40+,41-/m0/s1. The van der Waals surface area contributed by atoms with Gasteiger partial charge in [-0.25, -0.2) is 4.57 Å². The van der Waals surface area contributed by atoms with Crippen molar-refractivity contribution >= 4 is 25.5 Å². The minimum absolute atomic E-state index is 0.00700. The van der Waals surface area contributed by atoms with E-state index in [1.807, 2.05) is 0 Å². The number of esters is 2. The number of allylic oxidation sites excluding steroid dienone is 2. The number of aliphatic hydroxyl groups is 3. The molecule has 0 amide bonds. The van der Waals surface area contributed by atoms with Crippen LogP contribution in [0, 0.1) is 11.8 Å². The number of hydrogen-bond acceptors (Lipinski definition) is 12. The van der Waals surface area contributed by atoms with Crippen molar-refractivity contribution in [1.29, 1.82) is 0 Å². The van der Waals surface area contributed by atoms with E-state index < -0.39 is 62.6 Å². The van der Waals surface area contributed by atoms with E-state index in [4.69, 9.17) is 24.3 Å². The molecule has 1 saturated carbocycles. The maximum Gasteiger partial charge on any atom is 0.472 e. The molecule has 57 heavy (non-hydrogen) atoms. The number of ketones is 1. The molecular weight excluding hydrogens is 753 g/mol. The number of phosphoric acid groups is 1. The molecule has 0 radical (unpaired) electrons. The average molecular weight is 832 g/mol. The van der Waals surface area contributed by atoms with Gasteiger partial charge in [-0.2, -0.15) is 0 Å². The molecule has 1 unspecified atom stereocenters. The van der Waals surface area contributed by atoms with Gasteiger partial charge in [-0.05, 0) is 51.4 Å². The monoisotopic (exact) mass is 832 g/mol. The van der Waals surface area contributed by atoms with Gasteiger partial charge in [0.15, 0.2) is 6.10 Å². The summed E-state index contributed by atoms with van der Waals surface area (Å²) in [6.07, 6.45) is 24.1. The zero-order valence-corrected chi connectivity index (χ0v) is 36.0. The van der Waals surface area contributed by atoms with Gasteiger partial charge in [0.05, 0.1) is 31.5 Å². The third-order valence-corrected chi connectivity index (χ3v) is 11.3. The van der Waals surface area contributed by atoms with Crippen LogP contribution in [0.15, 0.2) is 24.3 Å². The van der Waals surface area contributed by atoms with Crippen LogP contribution in [0.25, 0.3) is 0 Å². The molecule has 0 aromatic carbocycles. The van der Waals surface area contributed by atoms with Crippen molar-refractivity contribution in [3.8, 4) is 0 Å². The summed E-state index contributed by atoms with van der Waals surface area (Å²) in [7, 11) is -4.48. The third-order valence-electron chi connectivity index (χ3n) is 10.3. The molecular formula is C43H78NO12P. The predicted molar refractivity (Wildman–Crippen MR) is 222 cm³/mol. The number of unbranched alkanes of at least 4 members (excludes halogenated alkanes) is 14. The number of rotatable bonds is 37. The molecule has 0 heterocycles. The van der Waals surface area contributed by atoms with Crippen molar-refractivity contribution in [3.63, 3.8) is 0 Å². The molecule has 14 heteroatoms. The van der Waals surface area contributed by atoms with Crippen molar-refractivity contribution in [2.75, 3.05) is 26.4 Å². The molecule has 0 aromatic heterocycles. The smallest absolute Gasteiger partial charge is 0.462 e. The second-order valence-electron chi connectivity index (χ2n) is 15.5. The van der Waals surface area contributed by atoms with Gasteiger partial charge in [-0.1, -0.05) is 109 Å². The first-order valence-electron chi connectivity index (χ1n) is 22.0. The van der Waals surface area contributed by atoms with Crippen LogP contribution in [0.5, 0.6) is 0 Å². The highest BCUT2D eigenvalue weighted by Gasteiger charge is 2.41. The van der Waals surface area contributed by atoms with Gasteiger partial charge in [0.1, 0.15) is 12.4 Å². The normalized spacial score (nSPS) is 20.5. The van der Waals surface area contributed by atoms with Gasteiger partial charge in [0.25, 0.3) is 0 Å². The van der Waals surface area contributed by atoms with Crippen LogP contribution in [0.2, 0.25) is 0 Å². The molecule has 0 aromatic rings. The Kier molecular flexibility index (Phi) is 31.5. The second-order valence-corrected chi connectivity index (χ2v) is 17.0. The molecule has 0 spiro atoms. The fourth-order valence-electron chi connectivity index (χ4n) is 6.92. The van der Waals surface area contributed by atoms with Gasteiger partial charge in [-0.3, -0.25) is 23.4 Å². The Morgan fingerprint density at radius 2 is 1.33 bits per heavy atom. The number of aliphatic hydroxyl groups excluding tert-OH is 3. The molecule has 7 atom stereocenters. The lowest BCUT2D eigenvalue weighted by Crippen LogP contribution is -2.29. The maximum absolute atomic E-state index is 12.8. The van der Waals surface area contributed by atoms with E-state index >= 15 is 0 Å². The first kappa shape index (κ1) is 53.1. The molecule has 1 aliphatic rings. The summed E-state index contributed by atoms with van der Waals surface area (Å²) in [5.74, 6) is -2.14. The van der Waals surface area contributed by atoms with Crippen LogP contribution in [0.3, 0.4) is 0 Å². The summed E-state index contributed by atoms with van der Waals surface area (Å²) in [4.78, 5) is 47.9. The van der Waals surface area contributed by atoms with Gasteiger partial charge < -0.3 is 35.4 Å². The first-order valence-corrected chi connectivity index (χ1v) is 23.5. The van der Waals surface area contributed by atoms with Crippen molar-refractivity contribution in [2.45, 2.75) is 192 Å². The maximum atomic E-state index is 12.8. The molecule has 1 aliphatic carbocycles. The molecule has 0 saturated heterocycles. The first-order chi connectivity index (χ1) is 27.4. The Morgan fingerprint density at radius 3 is 2.00 bits per heavy atom. The Morgan fingerprint density at radius 1 is 0.754 bits per heavy atom. The average Bonchev–Trinajstić information content (AvgIpc) is 3.44. The van der Waals surface area contributed by atoms with Crippen molar-refractivity contribution in [2.24, 2.45) is 17.6 Å². The summed E-state index contributed by atoms with van der Waals surface area (Å²) in [6.45, 7) is 3.17. The highest BCUT2D eigenvalue weighted by molar-refractivity contribution is 7.47. The molecule has 0 bridgehead atoms. The summed E-state index contributed by atoms with van der Waals surface area (Å²) in [5, 5.41) is 31.3. The van der Waals surface area contributed by atoms with Crippen molar-refractivity contribution in [3.05, 3.63) is 24.3 Å². The molecule has 1 rings (SSSR count). The van der Waals surface area contributed by atoms with Crippen LogP contribution >= 0.6 is 7.82 Å². The highest BCUT2D eigenvalue weighted by atomic mass is 31.2. The molecule has 0 aliphatic heterocycles. The summed E-state index contributed by atoms with van der Waals surface area (Å²) >= 11 is 0. The van der Waals surface area contributed by atoms with Crippen LogP contribution in [0.4, 0.5) is 0 Å². The lowest BCUT2D eigenvalue weighted by atomic mass is 9.87. The van der Waals surface area contributed by atoms with E-state index in [2.05, 4.69) is 26.0 Å². The Hall–Kier alpha value is -1.96. The lowest BCUT2D eigenvalue weighted by molar-refractivity contribution is -0.161. The van der Waals surface area contributed by atoms with Crippen LogP contribution in [-0.4, -0.2) is 88.7 Å². The number of hydrogen-bond donors (Lipinski definition) is 5. The quantitative estimate of drug-likeness (QED) is 0.0174. The van der Waals surface area contributed by atoms with Crippen LogP contribution in [-0.2, 0) is 37.5 Å². The second kappa shape index (κ2) is 33.8. The number of Topliss-reactive ketones (excluding diaryl/α,β-unsaturated/α-hetero) is 1. The SMILES string of the molecule is CCCCCCCC/C=C\CCCCCCCC(=O)OC[C@H](COP(=O)(O)OCCN)OC(=O)CCCCC(=O)C[C@@H]1[C@@H](/C=C/[C@@H](O)CCCCC)[C@H](O)C[C@@H]1O. The topological polar surface area (TPSA) is 212 Å². The van der Waals surface area contributed by atoms with Gasteiger partial charge >= 0.3 is 19.8 Å². The Labute approximate surface area is 343 Å². The lowest BCUT2D eigenvalue weighted by Gasteiger charge is -2.20. The van der Waals surface area contributed by atoms with Crippen LogP contribution in [0.1, 0.15) is 168 Å². The predicted octanol–water partition coefficient (Wildman–Crippen LogP) is 7.95. The molecule has 6 N–H and O–H groups in total. The fourth-order valence-corrected chi connectivity index (χ4v) is 7.68. The third kappa shape index (κ3) is 28.2. The zero-order chi connectivity index (χ0) is 42.2. The van der Waals surface area contributed by atoms with Crippen molar-refractivity contribution in [1.82, 2.24) is 0 Å². The zero-order valence-electron chi connectivity index (χ0n) is 35.2. The summed E-state index contributed by atoms with van der Waals surface area (Å²) < 4.78 is 32.6. The minimum Gasteiger partial charge on any atom is -0.462 e. The number of nitrogens with two attached hydrogens (primary N) is 1. The van der Waals surface area contributed by atoms with E-state index in [0.717, 1.165) is 57.8 Å². The van der Waals surface area contributed by atoms with E-state index in [0.29, 0.717) is 25.7 Å². The van der Waals surface area contributed by atoms with E-state index in [-0.39, 0.29) is 57.6 Å². The summed E-state index contributed by atoms with van der Waals surface area (Å²) in [5.41, 5.74) is 5.33. The van der Waals surface area contributed by atoms with Gasteiger partial charge in [0.2, 0.25) is 0 Å². The van der Waals surface area contributed by atoms with E-state index in [1.165, 1.54) is 38.5 Å². The Balaban J connectivity index is 2.44. The minimum atomic E-state index is -4.48. The number of carbonyl (C=O) groups excluding carboxylic acids is 3. The van der Waals surface area contributed by atoms with E-state index in [9.17, 15) is 39.2 Å². The molecule has 13 nitrogen and oxygen atoms in total. The molecule has 1 fully saturated rings. The van der Waals surface area contributed by atoms with Gasteiger partial charge in [-0.15, -0.1) is 0 Å². The highest BCUT2D eigenvalue weighted by Crippen LogP contribution is 2.43.